The SMILES string of the molecule is CCOc1ccc(S(=O)(=O)N2CCN(C3CC3)CC2Cc2ccccc2)cc1C. The first-order chi connectivity index (χ1) is 14.0. The number of ether oxygens (including phenoxy) is 1. The van der Waals surface area contributed by atoms with E-state index < -0.39 is 10.0 Å². The molecule has 2 aromatic carbocycles. The molecule has 1 heterocycles. The summed E-state index contributed by atoms with van der Waals surface area (Å²) in [6, 6.07) is 16.0. The predicted octanol–water partition coefficient (Wildman–Crippen LogP) is 3.47. The summed E-state index contributed by atoms with van der Waals surface area (Å²) in [7, 11) is -3.56. The van der Waals surface area contributed by atoms with Crippen LogP contribution in [0.5, 0.6) is 5.75 Å². The Morgan fingerprint density at radius 3 is 2.48 bits per heavy atom. The van der Waals surface area contributed by atoms with E-state index in [0.29, 0.717) is 24.1 Å². The fraction of sp³-hybridized carbons (Fsp3) is 0.478. The van der Waals surface area contributed by atoms with E-state index in [1.165, 1.54) is 18.4 Å². The molecule has 1 aliphatic heterocycles. The molecule has 0 amide bonds. The molecule has 0 N–H and O–H groups in total. The summed E-state index contributed by atoms with van der Waals surface area (Å²) >= 11 is 0. The van der Waals surface area contributed by atoms with Gasteiger partial charge >= 0.3 is 0 Å². The molecular formula is C23H30N2O3S. The number of sulfonamides is 1. The van der Waals surface area contributed by atoms with Crippen molar-refractivity contribution in [2.24, 2.45) is 0 Å². The van der Waals surface area contributed by atoms with Gasteiger partial charge in [-0.05, 0) is 62.4 Å². The fourth-order valence-electron chi connectivity index (χ4n) is 4.24. The standard InChI is InChI=1S/C23H30N2O3S/c1-3-28-23-12-11-22(15-18(23)2)29(26,27)25-14-13-24(20-9-10-20)17-21(25)16-19-7-5-4-6-8-19/h4-8,11-12,15,20-21H,3,9-10,13-14,16-17H2,1-2H3. The molecule has 6 heteroatoms. The van der Waals surface area contributed by atoms with Gasteiger partial charge in [-0.3, -0.25) is 4.90 Å². The second-order valence-electron chi connectivity index (χ2n) is 8.05. The van der Waals surface area contributed by atoms with E-state index in [1.807, 2.05) is 32.0 Å². The Kier molecular flexibility index (Phi) is 5.95. The maximum atomic E-state index is 13.6. The Morgan fingerprint density at radius 1 is 1.07 bits per heavy atom. The summed E-state index contributed by atoms with van der Waals surface area (Å²) in [6.07, 6.45) is 3.21. The molecule has 0 bridgehead atoms. The molecule has 0 radical (unpaired) electrons. The maximum absolute atomic E-state index is 13.6. The summed E-state index contributed by atoms with van der Waals surface area (Å²) in [4.78, 5) is 2.83. The molecule has 2 aliphatic rings. The van der Waals surface area contributed by atoms with Crippen LogP contribution in [-0.2, 0) is 16.4 Å². The van der Waals surface area contributed by atoms with Crippen molar-refractivity contribution in [2.45, 2.75) is 50.1 Å². The summed E-state index contributed by atoms with van der Waals surface area (Å²) in [5, 5.41) is 0. The molecule has 2 aromatic rings. The van der Waals surface area contributed by atoms with Crippen LogP contribution in [0.25, 0.3) is 0 Å². The lowest BCUT2D eigenvalue weighted by molar-refractivity contribution is 0.128. The van der Waals surface area contributed by atoms with E-state index >= 15 is 0 Å². The molecule has 5 nitrogen and oxygen atoms in total. The fourth-order valence-corrected chi connectivity index (χ4v) is 5.93. The normalized spacial score (nSPS) is 21.2. The van der Waals surface area contributed by atoms with Gasteiger partial charge in [0.2, 0.25) is 10.0 Å². The van der Waals surface area contributed by atoms with Crippen LogP contribution in [0.1, 0.15) is 30.9 Å². The highest BCUT2D eigenvalue weighted by atomic mass is 32.2. The third-order valence-corrected chi connectivity index (χ3v) is 7.84. The van der Waals surface area contributed by atoms with Gasteiger partial charge in [0.1, 0.15) is 5.75 Å². The summed E-state index contributed by atoms with van der Waals surface area (Å²) in [5.41, 5.74) is 2.03. The van der Waals surface area contributed by atoms with E-state index in [-0.39, 0.29) is 6.04 Å². The van der Waals surface area contributed by atoms with Crippen molar-refractivity contribution in [3.8, 4) is 5.75 Å². The van der Waals surface area contributed by atoms with Gasteiger partial charge in [0.15, 0.2) is 0 Å². The average Bonchev–Trinajstić information content (AvgIpc) is 3.55. The van der Waals surface area contributed by atoms with Crippen molar-refractivity contribution in [2.75, 3.05) is 26.2 Å². The Labute approximate surface area is 174 Å². The van der Waals surface area contributed by atoms with E-state index in [1.54, 1.807) is 22.5 Å². The lowest BCUT2D eigenvalue weighted by atomic mass is 10.0. The highest BCUT2D eigenvalue weighted by Gasteiger charge is 2.40. The molecule has 1 saturated heterocycles. The molecule has 29 heavy (non-hydrogen) atoms. The minimum atomic E-state index is -3.56. The van der Waals surface area contributed by atoms with Gasteiger partial charge in [0, 0.05) is 31.7 Å². The molecule has 1 saturated carbocycles. The second-order valence-corrected chi connectivity index (χ2v) is 9.94. The minimum Gasteiger partial charge on any atom is -0.494 e. The summed E-state index contributed by atoms with van der Waals surface area (Å²) in [5.74, 6) is 0.742. The molecule has 0 aromatic heterocycles. The highest BCUT2D eigenvalue weighted by Crippen LogP contribution is 2.32. The Bertz CT molecular complexity index is 942. The summed E-state index contributed by atoms with van der Waals surface area (Å²) < 4.78 is 34.4. The minimum absolute atomic E-state index is 0.0522. The smallest absolute Gasteiger partial charge is 0.243 e. The number of benzene rings is 2. The van der Waals surface area contributed by atoms with Crippen LogP contribution >= 0.6 is 0 Å². The van der Waals surface area contributed by atoms with Crippen LogP contribution in [0.4, 0.5) is 0 Å². The molecular weight excluding hydrogens is 384 g/mol. The number of hydrogen-bond acceptors (Lipinski definition) is 4. The third-order valence-electron chi connectivity index (χ3n) is 5.89. The van der Waals surface area contributed by atoms with Gasteiger partial charge in [-0.15, -0.1) is 0 Å². The van der Waals surface area contributed by atoms with Crippen LogP contribution < -0.4 is 4.74 Å². The zero-order chi connectivity index (χ0) is 20.4. The quantitative estimate of drug-likeness (QED) is 0.696. The first-order valence-electron chi connectivity index (χ1n) is 10.5. The van der Waals surface area contributed by atoms with Crippen LogP contribution in [0.2, 0.25) is 0 Å². The largest absolute Gasteiger partial charge is 0.494 e. The van der Waals surface area contributed by atoms with Gasteiger partial charge in [-0.1, -0.05) is 30.3 Å². The topological polar surface area (TPSA) is 49.9 Å². The van der Waals surface area contributed by atoms with Crippen LogP contribution in [0.15, 0.2) is 53.4 Å². The van der Waals surface area contributed by atoms with Crippen molar-refractivity contribution >= 4 is 10.0 Å². The van der Waals surface area contributed by atoms with Crippen molar-refractivity contribution < 1.29 is 13.2 Å². The first kappa shape index (κ1) is 20.4. The molecule has 2 fully saturated rings. The maximum Gasteiger partial charge on any atom is 0.243 e. The first-order valence-corrected chi connectivity index (χ1v) is 12.0. The highest BCUT2D eigenvalue weighted by molar-refractivity contribution is 7.89. The van der Waals surface area contributed by atoms with Gasteiger partial charge in [0.25, 0.3) is 0 Å². The van der Waals surface area contributed by atoms with Gasteiger partial charge in [0.05, 0.1) is 11.5 Å². The molecule has 1 aliphatic carbocycles. The van der Waals surface area contributed by atoms with Crippen molar-refractivity contribution in [3.63, 3.8) is 0 Å². The monoisotopic (exact) mass is 414 g/mol. The zero-order valence-corrected chi connectivity index (χ0v) is 18.1. The van der Waals surface area contributed by atoms with Crippen molar-refractivity contribution in [1.82, 2.24) is 9.21 Å². The number of rotatable bonds is 7. The Balaban J connectivity index is 1.61. The van der Waals surface area contributed by atoms with Crippen LogP contribution in [0, 0.1) is 6.92 Å². The lowest BCUT2D eigenvalue weighted by Crippen LogP contribution is -2.56. The van der Waals surface area contributed by atoms with Crippen molar-refractivity contribution in [1.29, 1.82) is 0 Å². The van der Waals surface area contributed by atoms with Crippen LogP contribution in [-0.4, -0.2) is 55.9 Å². The molecule has 156 valence electrons. The van der Waals surface area contributed by atoms with Gasteiger partial charge in [-0.2, -0.15) is 4.31 Å². The molecule has 4 rings (SSSR count). The number of nitrogens with zero attached hydrogens (tertiary/aromatic N) is 2. The van der Waals surface area contributed by atoms with E-state index in [0.717, 1.165) is 30.8 Å². The van der Waals surface area contributed by atoms with Crippen LogP contribution in [0.3, 0.4) is 0 Å². The van der Waals surface area contributed by atoms with E-state index in [2.05, 4.69) is 17.0 Å². The Morgan fingerprint density at radius 2 is 1.83 bits per heavy atom. The number of hydrogen-bond donors (Lipinski definition) is 0. The molecule has 1 atom stereocenters. The zero-order valence-electron chi connectivity index (χ0n) is 17.3. The lowest BCUT2D eigenvalue weighted by Gasteiger charge is -2.41. The second kappa shape index (κ2) is 8.46. The third kappa shape index (κ3) is 4.49. The molecule has 1 unspecified atom stereocenters. The Hall–Kier alpha value is -1.89. The van der Waals surface area contributed by atoms with Crippen molar-refractivity contribution in [3.05, 3.63) is 59.7 Å². The predicted molar refractivity (Wildman–Crippen MR) is 115 cm³/mol. The van der Waals surface area contributed by atoms with Gasteiger partial charge in [-0.25, -0.2) is 8.42 Å². The van der Waals surface area contributed by atoms with E-state index in [9.17, 15) is 8.42 Å². The van der Waals surface area contributed by atoms with Gasteiger partial charge < -0.3 is 4.74 Å². The number of piperazine rings is 1. The summed E-state index contributed by atoms with van der Waals surface area (Å²) in [6.45, 7) is 6.55. The average molecular weight is 415 g/mol. The molecule has 0 spiro atoms. The van der Waals surface area contributed by atoms with E-state index in [4.69, 9.17) is 4.74 Å². The number of aryl methyl sites for hydroxylation is 1.